The third-order valence-corrected chi connectivity index (χ3v) is 6.65. The zero-order valence-corrected chi connectivity index (χ0v) is 17.6. The summed E-state index contributed by atoms with van der Waals surface area (Å²) in [6, 6.07) is 8.42. The monoisotopic (exact) mass is 395 g/mol. The van der Waals surface area contributed by atoms with Crippen LogP contribution in [0.15, 0.2) is 35.3 Å². The molecule has 3 heterocycles. The highest BCUT2D eigenvalue weighted by Gasteiger charge is 2.27. The van der Waals surface area contributed by atoms with Gasteiger partial charge in [0.25, 0.3) is 11.5 Å². The van der Waals surface area contributed by atoms with Crippen molar-refractivity contribution >= 4 is 33.0 Å². The molecule has 0 atom stereocenters. The number of carbonyl (C=O) groups excluding carboxylic acids is 1. The van der Waals surface area contributed by atoms with Crippen LogP contribution in [0.4, 0.5) is 5.69 Å². The highest BCUT2D eigenvalue weighted by atomic mass is 32.1. The molecule has 1 aliphatic rings. The van der Waals surface area contributed by atoms with Gasteiger partial charge in [-0.25, -0.2) is 0 Å². The largest absolute Gasteiger partial charge is 0.368 e. The Balaban J connectivity index is 1.59. The van der Waals surface area contributed by atoms with Crippen LogP contribution in [0.5, 0.6) is 0 Å². The van der Waals surface area contributed by atoms with Crippen molar-refractivity contribution in [2.24, 2.45) is 7.05 Å². The number of benzene rings is 1. The topological polar surface area (TPSA) is 45.5 Å². The molecular formula is C22H25N3O2S. The Morgan fingerprint density at radius 1 is 1.04 bits per heavy atom. The van der Waals surface area contributed by atoms with Gasteiger partial charge in [-0.05, 0) is 44.0 Å². The van der Waals surface area contributed by atoms with Crippen molar-refractivity contribution in [2.45, 2.75) is 20.8 Å². The first-order valence-electron chi connectivity index (χ1n) is 9.57. The summed E-state index contributed by atoms with van der Waals surface area (Å²) in [4.78, 5) is 31.1. The molecule has 3 aromatic rings. The minimum atomic E-state index is -0.0979. The molecule has 146 valence electrons. The second kappa shape index (κ2) is 7.09. The summed E-state index contributed by atoms with van der Waals surface area (Å²) >= 11 is 1.52. The van der Waals surface area contributed by atoms with Gasteiger partial charge in [-0.2, -0.15) is 0 Å². The molecule has 0 aliphatic carbocycles. The summed E-state index contributed by atoms with van der Waals surface area (Å²) in [5, 5.41) is 0.564. The molecular weight excluding hydrogens is 370 g/mol. The maximum absolute atomic E-state index is 13.3. The molecule has 1 aliphatic heterocycles. The minimum Gasteiger partial charge on any atom is -0.368 e. The number of anilines is 1. The van der Waals surface area contributed by atoms with Gasteiger partial charge in [-0.15, -0.1) is 11.3 Å². The molecule has 0 N–H and O–H groups in total. The van der Waals surface area contributed by atoms with Crippen molar-refractivity contribution in [3.63, 3.8) is 0 Å². The molecule has 1 amide bonds. The Bertz CT molecular complexity index is 1120. The minimum absolute atomic E-state index is 0.0207. The number of amides is 1. The van der Waals surface area contributed by atoms with Crippen LogP contribution in [-0.4, -0.2) is 41.6 Å². The van der Waals surface area contributed by atoms with E-state index in [2.05, 4.69) is 36.9 Å². The fourth-order valence-electron chi connectivity index (χ4n) is 3.95. The van der Waals surface area contributed by atoms with Crippen LogP contribution >= 0.6 is 11.3 Å². The summed E-state index contributed by atoms with van der Waals surface area (Å²) in [5.74, 6) is -0.0207. The Kier molecular flexibility index (Phi) is 4.75. The summed E-state index contributed by atoms with van der Waals surface area (Å²) in [6.45, 7) is 9.09. The maximum Gasteiger partial charge on any atom is 0.259 e. The van der Waals surface area contributed by atoms with Gasteiger partial charge in [-0.1, -0.05) is 12.1 Å². The van der Waals surface area contributed by atoms with E-state index in [1.807, 2.05) is 17.9 Å². The second-order valence-electron chi connectivity index (χ2n) is 7.57. The van der Waals surface area contributed by atoms with Gasteiger partial charge in [-0.3, -0.25) is 9.59 Å². The summed E-state index contributed by atoms with van der Waals surface area (Å²) in [5.41, 5.74) is 4.24. The predicted molar refractivity (Wildman–Crippen MR) is 116 cm³/mol. The van der Waals surface area contributed by atoms with Crippen LogP contribution in [0, 0.1) is 20.8 Å². The van der Waals surface area contributed by atoms with Crippen LogP contribution in [0.2, 0.25) is 0 Å². The van der Waals surface area contributed by atoms with E-state index < -0.39 is 0 Å². The Labute approximate surface area is 168 Å². The zero-order chi connectivity index (χ0) is 20.0. The van der Waals surface area contributed by atoms with Crippen molar-refractivity contribution in [1.29, 1.82) is 0 Å². The lowest BCUT2D eigenvalue weighted by atomic mass is 10.1. The molecule has 28 heavy (non-hydrogen) atoms. The van der Waals surface area contributed by atoms with Gasteiger partial charge in [0.15, 0.2) is 0 Å². The molecule has 1 fully saturated rings. The van der Waals surface area contributed by atoms with E-state index in [-0.39, 0.29) is 11.5 Å². The van der Waals surface area contributed by atoms with Gasteiger partial charge in [0.05, 0.1) is 10.9 Å². The third kappa shape index (κ3) is 3.11. The van der Waals surface area contributed by atoms with Gasteiger partial charge >= 0.3 is 0 Å². The summed E-state index contributed by atoms with van der Waals surface area (Å²) in [7, 11) is 1.73. The summed E-state index contributed by atoms with van der Waals surface area (Å²) in [6.07, 6.45) is 1.76. The van der Waals surface area contributed by atoms with E-state index in [4.69, 9.17) is 0 Å². The number of hydrogen-bond donors (Lipinski definition) is 0. The van der Waals surface area contributed by atoms with Gasteiger partial charge in [0, 0.05) is 54.7 Å². The van der Waals surface area contributed by atoms with Crippen molar-refractivity contribution in [3.05, 3.63) is 62.4 Å². The average Bonchev–Trinajstić information content (AvgIpc) is 3.03. The fourth-order valence-corrected chi connectivity index (χ4v) is 4.99. The molecule has 4 rings (SSSR count). The summed E-state index contributed by atoms with van der Waals surface area (Å²) < 4.78 is 2.43. The number of nitrogens with zero attached hydrogens (tertiary/aromatic N) is 3. The second-order valence-corrected chi connectivity index (χ2v) is 8.83. The molecule has 5 nitrogen and oxygen atoms in total. The SMILES string of the molecule is Cc1ccc(C)c(N2CCN(C(=O)c3c(C)sc4ccn(C)c(=O)c34)CC2)c1. The number of hydrogen-bond acceptors (Lipinski definition) is 4. The lowest BCUT2D eigenvalue weighted by molar-refractivity contribution is 0.0748. The number of carbonyl (C=O) groups is 1. The zero-order valence-electron chi connectivity index (χ0n) is 16.8. The fraction of sp³-hybridized carbons (Fsp3) is 0.364. The predicted octanol–water partition coefficient (Wildman–Crippen LogP) is 3.49. The molecule has 0 spiro atoms. The van der Waals surface area contributed by atoms with E-state index in [0.29, 0.717) is 24.0 Å². The average molecular weight is 396 g/mol. The number of fused-ring (bicyclic) bond motifs is 1. The normalized spacial score (nSPS) is 14.7. The van der Waals surface area contributed by atoms with Crippen LogP contribution in [-0.2, 0) is 7.05 Å². The van der Waals surface area contributed by atoms with Crippen LogP contribution in [0.25, 0.3) is 10.1 Å². The van der Waals surface area contributed by atoms with E-state index in [1.165, 1.54) is 28.2 Å². The first-order chi connectivity index (χ1) is 13.4. The van der Waals surface area contributed by atoms with E-state index >= 15 is 0 Å². The number of aromatic nitrogens is 1. The van der Waals surface area contributed by atoms with Crippen molar-refractivity contribution < 1.29 is 4.79 Å². The maximum atomic E-state index is 13.3. The van der Waals surface area contributed by atoms with Crippen LogP contribution < -0.4 is 10.5 Å². The first kappa shape index (κ1) is 18.7. The Hall–Kier alpha value is -2.60. The van der Waals surface area contributed by atoms with Crippen LogP contribution in [0.3, 0.4) is 0 Å². The highest BCUT2D eigenvalue weighted by molar-refractivity contribution is 7.19. The molecule has 0 radical (unpaired) electrons. The van der Waals surface area contributed by atoms with Gasteiger partial charge in [0.2, 0.25) is 0 Å². The molecule has 0 unspecified atom stereocenters. The van der Waals surface area contributed by atoms with E-state index in [9.17, 15) is 9.59 Å². The molecule has 2 aromatic heterocycles. The van der Waals surface area contributed by atoms with E-state index in [0.717, 1.165) is 22.7 Å². The molecule has 1 saturated heterocycles. The van der Waals surface area contributed by atoms with Crippen LogP contribution in [0.1, 0.15) is 26.4 Å². The van der Waals surface area contributed by atoms with Crippen molar-refractivity contribution in [3.8, 4) is 0 Å². The first-order valence-corrected chi connectivity index (χ1v) is 10.4. The lowest BCUT2D eigenvalue weighted by Crippen LogP contribution is -2.49. The number of rotatable bonds is 2. The Morgan fingerprint density at radius 2 is 1.75 bits per heavy atom. The smallest absolute Gasteiger partial charge is 0.259 e. The number of pyridine rings is 1. The van der Waals surface area contributed by atoms with Crippen molar-refractivity contribution in [2.75, 3.05) is 31.1 Å². The standard InChI is InChI=1S/C22H25N3O2S/c1-14-5-6-15(2)17(13-14)24-9-11-25(12-10-24)22(27)19-16(3)28-18-7-8-23(4)21(26)20(18)19/h5-8,13H,9-12H2,1-4H3. The van der Waals surface area contributed by atoms with Crippen molar-refractivity contribution in [1.82, 2.24) is 9.47 Å². The quantitative estimate of drug-likeness (QED) is 0.667. The Morgan fingerprint density at radius 3 is 2.46 bits per heavy atom. The molecule has 0 bridgehead atoms. The highest BCUT2D eigenvalue weighted by Crippen LogP contribution is 2.30. The number of aryl methyl sites for hydroxylation is 4. The number of thiophene rings is 1. The molecule has 1 aromatic carbocycles. The van der Waals surface area contributed by atoms with Gasteiger partial charge in [0.1, 0.15) is 0 Å². The third-order valence-electron chi connectivity index (χ3n) is 5.58. The molecule has 6 heteroatoms. The van der Waals surface area contributed by atoms with Gasteiger partial charge < -0.3 is 14.4 Å². The lowest BCUT2D eigenvalue weighted by Gasteiger charge is -2.37. The molecule has 0 saturated carbocycles. The van der Waals surface area contributed by atoms with E-state index in [1.54, 1.807) is 17.8 Å². The number of piperazine rings is 1.